The minimum absolute atomic E-state index is 0.263. The smallest absolute Gasteiger partial charge is 0.205 e. The summed E-state index contributed by atoms with van der Waals surface area (Å²) in [6.07, 6.45) is 2.03. The number of rotatable bonds is 5. The average molecular weight is 341 g/mol. The van der Waals surface area contributed by atoms with Crippen molar-refractivity contribution in [2.75, 3.05) is 17.6 Å². The van der Waals surface area contributed by atoms with Gasteiger partial charge in [0.1, 0.15) is 10.8 Å². The number of sulfone groups is 1. The van der Waals surface area contributed by atoms with Crippen LogP contribution in [0.25, 0.3) is 0 Å². The summed E-state index contributed by atoms with van der Waals surface area (Å²) >= 11 is 1.39. The van der Waals surface area contributed by atoms with Crippen molar-refractivity contribution in [3.8, 4) is 0 Å². The number of benzene rings is 1. The summed E-state index contributed by atoms with van der Waals surface area (Å²) in [6.45, 7) is 0.382. The van der Waals surface area contributed by atoms with Crippen LogP contribution in [0.2, 0.25) is 0 Å². The van der Waals surface area contributed by atoms with Crippen molar-refractivity contribution < 1.29 is 12.8 Å². The molecule has 5 nitrogen and oxygen atoms in total. The van der Waals surface area contributed by atoms with Crippen LogP contribution in [0.4, 0.5) is 9.52 Å². The van der Waals surface area contributed by atoms with E-state index in [2.05, 4.69) is 15.5 Å². The summed E-state index contributed by atoms with van der Waals surface area (Å²) in [7, 11) is -2.94. The molecule has 2 heterocycles. The first-order chi connectivity index (χ1) is 10.5. The summed E-state index contributed by atoms with van der Waals surface area (Å²) in [6, 6.07) is 6.27. The second-order valence-corrected chi connectivity index (χ2v) is 8.78. The quantitative estimate of drug-likeness (QED) is 0.903. The van der Waals surface area contributed by atoms with Gasteiger partial charge in [0, 0.05) is 13.0 Å². The molecule has 1 N–H and O–H groups in total. The van der Waals surface area contributed by atoms with Gasteiger partial charge in [-0.1, -0.05) is 23.5 Å². The predicted octanol–water partition coefficient (Wildman–Crippen LogP) is 2.26. The van der Waals surface area contributed by atoms with E-state index in [1.165, 1.54) is 23.5 Å². The average Bonchev–Trinajstić information content (AvgIpc) is 3.05. The Kier molecular flexibility index (Phi) is 4.39. The Balaban J connectivity index is 1.58. The minimum atomic E-state index is -2.94. The molecule has 0 amide bonds. The maximum absolute atomic E-state index is 12.9. The largest absolute Gasteiger partial charge is 0.359 e. The lowest BCUT2D eigenvalue weighted by Crippen LogP contribution is -2.24. The first-order valence-corrected chi connectivity index (χ1v) is 9.58. The molecular formula is C14H16FN3O2S2. The van der Waals surface area contributed by atoms with Gasteiger partial charge >= 0.3 is 0 Å². The fraction of sp³-hybridized carbons (Fsp3) is 0.429. The van der Waals surface area contributed by atoms with Gasteiger partial charge in [0.05, 0.1) is 11.0 Å². The van der Waals surface area contributed by atoms with Crippen LogP contribution in [-0.2, 0) is 16.3 Å². The van der Waals surface area contributed by atoms with Crippen molar-refractivity contribution in [1.82, 2.24) is 10.2 Å². The zero-order chi connectivity index (χ0) is 15.6. The Bertz CT molecular complexity index is 744. The molecule has 3 rings (SSSR count). The first kappa shape index (κ1) is 15.4. The van der Waals surface area contributed by atoms with Gasteiger partial charge < -0.3 is 5.32 Å². The molecule has 0 radical (unpaired) electrons. The molecule has 8 heteroatoms. The van der Waals surface area contributed by atoms with Crippen molar-refractivity contribution in [1.29, 1.82) is 0 Å². The van der Waals surface area contributed by atoms with Crippen LogP contribution >= 0.6 is 11.3 Å². The summed E-state index contributed by atoms with van der Waals surface area (Å²) < 4.78 is 36.4. The zero-order valence-corrected chi connectivity index (χ0v) is 13.5. The highest BCUT2D eigenvalue weighted by molar-refractivity contribution is 7.92. The van der Waals surface area contributed by atoms with Crippen LogP contribution in [0.15, 0.2) is 24.3 Å². The fourth-order valence-electron chi connectivity index (χ4n) is 2.46. The number of aromatic nitrogens is 2. The molecule has 1 aliphatic heterocycles. The number of halogens is 1. The summed E-state index contributed by atoms with van der Waals surface area (Å²) in [4.78, 5) is 0. The van der Waals surface area contributed by atoms with E-state index in [1.807, 2.05) is 0 Å². The van der Waals surface area contributed by atoms with E-state index in [9.17, 15) is 12.8 Å². The number of hydrogen-bond donors (Lipinski definition) is 1. The van der Waals surface area contributed by atoms with E-state index in [4.69, 9.17) is 0 Å². The highest BCUT2D eigenvalue weighted by Gasteiger charge is 2.31. The van der Waals surface area contributed by atoms with Crippen LogP contribution in [0, 0.1) is 5.82 Å². The molecule has 1 aliphatic rings. The van der Waals surface area contributed by atoms with Gasteiger partial charge in [0.15, 0.2) is 9.84 Å². The summed E-state index contributed by atoms with van der Waals surface area (Å²) in [5.74, 6) is 0.0202. The van der Waals surface area contributed by atoms with Gasteiger partial charge in [-0.05, 0) is 30.5 Å². The molecule has 1 fully saturated rings. The second kappa shape index (κ2) is 6.29. The highest BCUT2D eigenvalue weighted by Crippen LogP contribution is 2.22. The maximum Gasteiger partial charge on any atom is 0.205 e. The molecule has 0 bridgehead atoms. The Morgan fingerprint density at radius 2 is 2.05 bits per heavy atom. The number of nitrogens with zero attached hydrogens (tertiary/aromatic N) is 2. The Morgan fingerprint density at radius 1 is 1.27 bits per heavy atom. The molecule has 2 aromatic rings. The third-order valence-corrected chi connectivity index (χ3v) is 6.84. The number of nitrogens with one attached hydrogen (secondary N) is 1. The molecule has 1 saturated heterocycles. The Hall–Kier alpha value is -1.54. The highest BCUT2D eigenvalue weighted by atomic mass is 32.2. The third-order valence-electron chi connectivity index (χ3n) is 3.68. The standard InChI is InChI=1S/C14H16FN3O2S2/c15-11-5-3-10(4-6-11)8-13-17-18-14(21-13)16-9-12-2-1-7-22(12,19)20/h3-6,12H,1-2,7-9H2,(H,16,18). The molecule has 1 aromatic heterocycles. The van der Waals surface area contributed by atoms with Gasteiger partial charge in [-0.25, -0.2) is 12.8 Å². The van der Waals surface area contributed by atoms with Crippen molar-refractivity contribution in [2.45, 2.75) is 24.5 Å². The van der Waals surface area contributed by atoms with E-state index in [0.717, 1.165) is 17.0 Å². The van der Waals surface area contributed by atoms with Crippen LogP contribution in [0.3, 0.4) is 0 Å². The second-order valence-electron chi connectivity index (χ2n) is 5.32. The molecule has 1 aromatic carbocycles. The van der Waals surface area contributed by atoms with Crippen LogP contribution in [-0.4, -0.2) is 36.2 Å². The molecule has 0 aliphatic carbocycles. The zero-order valence-electron chi connectivity index (χ0n) is 11.8. The van der Waals surface area contributed by atoms with Crippen molar-refractivity contribution >= 4 is 26.3 Å². The van der Waals surface area contributed by atoms with Gasteiger partial charge in [0.2, 0.25) is 5.13 Å². The number of anilines is 1. The minimum Gasteiger partial charge on any atom is -0.359 e. The van der Waals surface area contributed by atoms with Crippen LogP contribution < -0.4 is 5.32 Å². The van der Waals surface area contributed by atoms with Crippen molar-refractivity contribution in [2.24, 2.45) is 0 Å². The van der Waals surface area contributed by atoms with E-state index in [-0.39, 0.29) is 16.8 Å². The van der Waals surface area contributed by atoms with E-state index in [1.54, 1.807) is 12.1 Å². The molecule has 0 spiro atoms. The molecule has 0 saturated carbocycles. The Morgan fingerprint density at radius 3 is 2.73 bits per heavy atom. The van der Waals surface area contributed by atoms with Crippen molar-refractivity contribution in [3.63, 3.8) is 0 Å². The third kappa shape index (κ3) is 3.61. The van der Waals surface area contributed by atoms with Gasteiger partial charge in [-0.2, -0.15) is 0 Å². The molecule has 1 unspecified atom stereocenters. The van der Waals surface area contributed by atoms with Crippen LogP contribution in [0.5, 0.6) is 0 Å². The maximum atomic E-state index is 12.9. The van der Waals surface area contributed by atoms with Crippen LogP contribution in [0.1, 0.15) is 23.4 Å². The summed E-state index contributed by atoms with van der Waals surface area (Å²) in [5.41, 5.74) is 0.961. The summed E-state index contributed by atoms with van der Waals surface area (Å²) in [5, 5.41) is 12.3. The molecule has 118 valence electrons. The molecule has 1 atom stereocenters. The topological polar surface area (TPSA) is 72.0 Å². The fourth-order valence-corrected chi connectivity index (χ4v) is 5.01. The van der Waals surface area contributed by atoms with Gasteiger partial charge in [-0.3, -0.25) is 0 Å². The van der Waals surface area contributed by atoms with Crippen molar-refractivity contribution in [3.05, 3.63) is 40.7 Å². The predicted molar refractivity (Wildman–Crippen MR) is 84.4 cm³/mol. The lowest BCUT2D eigenvalue weighted by Gasteiger charge is -2.08. The van der Waals surface area contributed by atoms with E-state index < -0.39 is 9.84 Å². The van der Waals surface area contributed by atoms with Gasteiger partial charge in [-0.15, -0.1) is 10.2 Å². The monoisotopic (exact) mass is 341 g/mol. The SMILES string of the molecule is O=S1(=O)CCCC1CNc1nnc(Cc2ccc(F)cc2)s1. The molecule has 22 heavy (non-hydrogen) atoms. The lowest BCUT2D eigenvalue weighted by atomic mass is 10.2. The normalized spacial score (nSPS) is 20.1. The number of hydrogen-bond acceptors (Lipinski definition) is 6. The first-order valence-electron chi connectivity index (χ1n) is 7.05. The van der Waals surface area contributed by atoms with Gasteiger partial charge in [0.25, 0.3) is 0 Å². The van der Waals surface area contributed by atoms with E-state index >= 15 is 0 Å². The molecular weight excluding hydrogens is 325 g/mol. The Labute approximate surface area is 132 Å². The lowest BCUT2D eigenvalue weighted by molar-refractivity contribution is 0.591. The van der Waals surface area contributed by atoms with E-state index in [0.29, 0.717) is 24.5 Å².